The van der Waals surface area contributed by atoms with Crippen LogP contribution in [0, 0.1) is 0 Å². The molecule has 21 heavy (non-hydrogen) atoms. The highest BCUT2D eigenvalue weighted by Gasteiger charge is 2.00. The van der Waals surface area contributed by atoms with Crippen molar-refractivity contribution in [2.45, 2.75) is 6.54 Å². The maximum Gasteiger partial charge on any atom is 0.328 e. The van der Waals surface area contributed by atoms with Gasteiger partial charge in [-0.1, -0.05) is 12.1 Å². The van der Waals surface area contributed by atoms with E-state index >= 15 is 0 Å². The average Bonchev–Trinajstić information content (AvgIpc) is 2.93. The van der Waals surface area contributed by atoms with Crippen molar-refractivity contribution in [3.8, 4) is 5.75 Å². The Morgan fingerprint density at radius 1 is 1.29 bits per heavy atom. The van der Waals surface area contributed by atoms with Gasteiger partial charge in [-0.2, -0.15) is 0 Å². The molecule has 5 heteroatoms. The fraction of sp³-hybridized carbons (Fsp3) is 0.125. The number of aliphatic carboxylic acids is 1. The molecule has 0 aliphatic heterocycles. The molecule has 0 radical (unpaired) electrons. The van der Waals surface area contributed by atoms with E-state index in [1.165, 1.54) is 6.08 Å². The minimum absolute atomic E-state index is 0.422. The van der Waals surface area contributed by atoms with E-state index in [2.05, 4.69) is 0 Å². The monoisotopic (exact) mass is 285 g/mol. The molecule has 2 rings (SSSR count). The number of carbonyl (C=O) groups excluding carboxylic acids is 1. The summed E-state index contributed by atoms with van der Waals surface area (Å²) < 4.78 is 7.47. The lowest BCUT2D eigenvalue weighted by molar-refractivity contribution is -0.131. The predicted molar refractivity (Wildman–Crippen MR) is 78.4 cm³/mol. The van der Waals surface area contributed by atoms with E-state index in [1.54, 1.807) is 24.3 Å². The molecule has 0 unspecified atom stereocenters. The number of aldehydes is 1. The van der Waals surface area contributed by atoms with Gasteiger partial charge >= 0.3 is 5.97 Å². The maximum atomic E-state index is 10.7. The van der Waals surface area contributed by atoms with Gasteiger partial charge in [0.25, 0.3) is 0 Å². The van der Waals surface area contributed by atoms with Crippen LogP contribution >= 0.6 is 0 Å². The molecule has 5 nitrogen and oxygen atoms in total. The molecule has 0 bridgehead atoms. The second-order valence-electron chi connectivity index (χ2n) is 4.34. The third-order valence-electron chi connectivity index (χ3n) is 2.86. The molecule has 1 aromatic heterocycles. The van der Waals surface area contributed by atoms with E-state index in [4.69, 9.17) is 9.84 Å². The van der Waals surface area contributed by atoms with Crippen molar-refractivity contribution >= 4 is 18.3 Å². The van der Waals surface area contributed by atoms with Gasteiger partial charge < -0.3 is 14.4 Å². The number of aromatic nitrogens is 1. The number of nitrogens with zero attached hydrogens (tertiary/aromatic N) is 1. The van der Waals surface area contributed by atoms with Gasteiger partial charge in [-0.3, -0.25) is 4.79 Å². The lowest BCUT2D eigenvalue weighted by Gasteiger charge is -2.09. The molecule has 0 spiro atoms. The number of carbonyl (C=O) groups is 2. The van der Waals surface area contributed by atoms with Crippen LogP contribution in [0.1, 0.15) is 16.1 Å². The van der Waals surface area contributed by atoms with Gasteiger partial charge in [0.05, 0.1) is 6.54 Å². The third-order valence-corrected chi connectivity index (χ3v) is 2.86. The predicted octanol–water partition coefficient (Wildman–Crippen LogP) is 2.48. The largest absolute Gasteiger partial charge is 0.492 e. The van der Waals surface area contributed by atoms with E-state index in [-0.39, 0.29) is 0 Å². The van der Waals surface area contributed by atoms with Gasteiger partial charge in [0.2, 0.25) is 0 Å². The standard InChI is InChI=1S/C16H15NO4/c18-12-13-3-1-5-15(11-13)21-10-9-17-8-2-4-14(17)6-7-16(19)20/h1-8,11-12H,9-10H2,(H,19,20)/b7-6+. The van der Waals surface area contributed by atoms with E-state index in [1.807, 2.05) is 22.9 Å². The molecule has 0 saturated heterocycles. The summed E-state index contributed by atoms with van der Waals surface area (Å²) in [6.45, 7) is 1.00. The first-order valence-corrected chi connectivity index (χ1v) is 6.43. The Hall–Kier alpha value is -2.82. The topological polar surface area (TPSA) is 68.5 Å². The average molecular weight is 285 g/mol. The fourth-order valence-corrected chi connectivity index (χ4v) is 1.88. The molecule has 0 atom stereocenters. The highest BCUT2D eigenvalue weighted by molar-refractivity contribution is 5.84. The molecule has 2 aromatic rings. The molecule has 0 aliphatic rings. The van der Waals surface area contributed by atoms with Gasteiger partial charge in [-0.25, -0.2) is 4.79 Å². The number of carboxylic acids is 1. The maximum absolute atomic E-state index is 10.7. The Bertz CT molecular complexity index is 658. The van der Waals surface area contributed by atoms with Crippen LogP contribution in [-0.4, -0.2) is 28.5 Å². The second kappa shape index (κ2) is 7.09. The Kier molecular flexibility index (Phi) is 4.93. The Labute approximate surface area is 122 Å². The van der Waals surface area contributed by atoms with Crippen molar-refractivity contribution < 1.29 is 19.4 Å². The van der Waals surface area contributed by atoms with Crippen LogP contribution in [0.15, 0.2) is 48.7 Å². The minimum Gasteiger partial charge on any atom is -0.492 e. The van der Waals surface area contributed by atoms with Crippen molar-refractivity contribution in [2.75, 3.05) is 6.61 Å². The molecule has 1 heterocycles. The van der Waals surface area contributed by atoms with Crippen molar-refractivity contribution in [3.05, 3.63) is 59.9 Å². The second-order valence-corrected chi connectivity index (χ2v) is 4.34. The molecule has 0 fully saturated rings. The number of hydrogen-bond acceptors (Lipinski definition) is 3. The zero-order chi connectivity index (χ0) is 15.1. The van der Waals surface area contributed by atoms with E-state index in [0.29, 0.717) is 24.5 Å². The Morgan fingerprint density at radius 2 is 2.14 bits per heavy atom. The summed E-state index contributed by atoms with van der Waals surface area (Å²) in [6.07, 6.45) is 5.26. The molecular formula is C16H15NO4. The summed E-state index contributed by atoms with van der Waals surface area (Å²) in [5.41, 5.74) is 1.36. The number of hydrogen-bond donors (Lipinski definition) is 1. The number of benzene rings is 1. The number of carboxylic acid groups (broad SMARTS) is 1. The van der Waals surface area contributed by atoms with Crippen LogP contribution in [0.4, 0.5) is 0 Å². The van der Waals surface area contributed by atoms with E-state index < -0.39 is 5.97 Å². The zero-order valence-electron chi connectivity index (χ0n) is 11.3. The Morgan fingerprint density at radius 3 is 2.90 bits per heavy atom. The summed E-state index contributed by atoms with van der Waals surface area (Å²) in [5, 5.41) is 8.63. The van der Waals surface area contributed by atoms with Gasteiger partial charge in [0.15, 0.2) is 0 Å². The van der Waals surface area contributed by atoms with Crippen LogP contribution in [0.3, 0.4) is 0 Å². The van der Waals surface area contributed by atoms with Gasteiger partial charge in [-0.05, 0) is 30.3 Å². The molecule has 0 saturated carbocycles. The molecular weight excluding hydrogens is 270 g/mol. The SMILES string of the molecule is O=Cc1cccc(OCCn2cccc2/C=C/C(=O)O)c1. The highest BCUT2D eigenvalue weighted by atomic mass is 16.5. The minimum atomic E-state index is -0.982. The van der Waals surface area contributed by atoms with Crippen molar-refractivity contribution in [3.63, 3.8) is 0 Å². The fourth-order valence-electron chi connectivity index (χ4n) is 1.88. The quantitative estimate of drug-likeness (QED) is 0.627. The molecule has 1 N–H and O–H groups in total. The lowest BCUT2D eigenvalue weighted by Crippen LogP contribution is -2.08. The first kappa shape index (κ1) is 14.6. The molecule has 0 amide bonds. The number of rotatable bonds is 7. The highest BCUT2D eigenvalue weighted by Crippen LogP contribution is 2.12. The van der Waals surface area contributed by atoms with Crippen LogP contribution in [0.2, 0.25) is 0 Å². The van der Waals surface area contributed by atoms with Crippen molar-refractivity contribution in [2.24, 2.45) is 0 Å². The van der Waals surface area contributed by atoms with Crippen LogP contribution in [0.5, 0.6) is 5.75 Å². The summed E-state index contributed by atoms with van der Waals surface area (Å²) >= 11 is 0. The molecule has 108 valence electrons. The summed E-state index contributed by atoms with van der Waals surface area (Å²) in [5.74, 6) is -0.348. The van der Waals surface area contributed by atoms with Crippen LogP contribution in [0.25, 0.3) is 6.08 Å². The van der Waals surface area contributed by atoms with E-state index in [0.717, 1.165) is 18.1 Å². The summed E-state index contributed by atoms with van der Waals surface area (Å²) in [6, 6.07) is 10.6. The zero-order valence-corrected chi connectivity index (χ0v) is 11.3. The van der Waals surface area contributed by atoms with Crippen LogP contribution < -0.4 is 4.74 Å². The van der Waals surface area contributed by atoms with Crippen molar-refractivity contribution in [1.82, 2.24) is 4.57 Å². The molecule has 0 aliphatic carbocycles. The lowest BCUT2D eigenvalue weighted by atomic mass is 10.2. The van der Waals surface area contributed by atoms with Gasteiger partial charge in [0, 0.05) is 23.5 Å². The van der Waals surface area contributed by atoms with Gasteiger partial charge in [-0.15, -0.1) is 0 Å². The summed E-state index contributed by atoms with van der Waals surface area (Å²) in [4.78, 5) is 21.2. The smallest absolute Gasteiger partial charge is 0.328 e. The van der Waals surface area contributed by atoms with E-state index in [9.17, 15) is 9.59 Å². The number of ether oxygens (including phenoxy) is 1. The first-order valence-electron chi connectivity index (χ1n) is 6.43. The normalized spacial score (nSPS) is 10.7. The Balaban J connectivity index is 1.93. The van der Waals surface area contributed by atoms with Crippen molar-refractivity contribution in [1.29, 1.82) is 0 Å². The third kappa shape index (κ3) is 4.35. The first-order chi connectivity index (χ1) is 10.2. The van der Waals surface area contributed by atoms with Crippen LogP contribution in [-0.2, 0) is 11.3 Å². The summed E-state index contributed by atoms with van der Waals surface area (Å²) in [7, 11) is 0. The van der Waals surface area contributed by atoms with Gasteiger partial charge in [0.1, 0.15) is 18.6 Å². The molecule has 1 aromatic carbocycles.